The number of nitrogens with two attached hydrogens (primary N) is 1. The zero-order valence-electron chi connectivity index (χ0n) is 36.7. The van der Waals surface area contributed by atoms with Crippen molar-refractivity contribution < 1.29 is 52.5 Å². The molecule has 3 aromatic rings. The summed E-state index contributed by atoms with van der Waals surface area (Å²) in [4.78, 5) is 78.8. The molecule has 2 fully saturated rings. The lowest BCUT2D eigenvalue weighted by Gasteiger charge is -2.39. The summed E-state index contributed by atoms with van der Waals surface area (Å²) in [6.45, 7) is 12.1. The van der Waals surface area contributed by atoms with Gasteiger partial charge < -0.3 is 55.5 Å². The van der Waals surface area contributed by atoms with Gasteiger partial charge in [0.2, 0.25) is 23.6 Å². The second kappa shape index (κ2) is 16.9. The molecular weight excluding hydrogens is 795 g/mol. The number of rotatable bonds is 16. The Kier molecular flexibility index (Phi) is 13.0. The minimum Gasteiger partial charge on any atom is -0.543 e. The maximum Gasteiger partial charge on any atom is 0.410 e. The van der Waals surface area contributed by atoms with Crippen LogP contribution in [0.25, 0.3) is 11.2 Å². The summed E-state index contributed by atoms with van der Waals surface area (Å²) < 4.78 is 31.8. The van der Waals surface area contributed by atoms with Gasteiger partial charge in [0.15, 0.2) is 17.7 Å². The van der Waals surface area contributed by atoms with Gasteiger partial charge in [0.05, 0.1) is 37.8 Å². The Morgan fingerprint density at radius 2 is 1.30 bits per heavy atom. The third-order valence-corrected chi connectivity index (χ3v) is 10.9. The summed E-state index contributed by atoms with van der Waals surface area (Å²) in [5.41, 5.74) is 0.833. The van der Waals surface area contributed by atoms with E-state index in [1.54, 1.807) is 30.5 Å². The molecule has 4 heterocycles. The molecular formula is C39H58BN10O11-. The molecule has 0 bridgehead atoms. The van der Waals surface area contributed by atoms with Gasteiger partial charge in [-0.2, -0.15) is 0 Å². The van der Waals surface area contributed by atoms with Crippen LogP contribution in [0.1, 0.15) is 81.0 Å². The van der Waals surface area contributed by atoms with E-state index in [2.05, 4.69) is 41.5 Å². The molecule has 334 valence electrons. The molecule has 5 atom stereocenters. The van der Waals surface area contributed by atoms with Crippen LogP contribution in [0.15, 0.2) is 36.9 Å². The second-order valence-electron chi connectivity index (χ2n) is 17.9. The fourth-order valence-corrected chi connectivity index (χ4v) is 6.95. The van der Waals surface area contributed by atoms with Crippen molar-refractivity contribution in [3.05, 3.63) is 42.5 Å². The molecule has 0 aliphatic carbocycles. The highest BCUT2D eigenvalue weighted by Gasteiger charge is 2.56. The first-order valence-corrected chi connectivity index (χ1v) is 19.7. The second-order valence-corrected chi connectivity index (χ2v) is 17.9. The van der Waals surface area contributed by atoms with Gasteiger partial charge in [-0.25, -0.2) is 19.7 Å². The number of hydrogen-bond acceptors (Lipinski definition) is 16. The van der Waals surface area contributed by atoms with E-state index in [0.717, 1.165) is 0 Å². The van der Waals surface area contributed by atoms with Gasteiger partial charge >= 0.3 is 12.7 Å². The maximum absolute atomic E-state index is 13.8. The van der Waals surface area contributed by atoms with Crippen molar-refractivity contribution in [1.29, 1.82) is 0 Å². The highest BCUT2D eigenvalue weighted by atomic mass is 16.8. The summed E-state index contributed by atoms with van der Waals surface area (Å²) in [5.74, 6) is -3.04. The number of methoxy groups -OCH3 is 1. The van der Waals surface area contributed by atoms with Crippen molar-refractivity contribution in [3.63, 3.8) is 0 Å². The Balaban J connectivity index is 1.25. The van der Waals surface area contributed by atoms with Crippen molar-refractivity contribution in [2.75, 3.05) is 26.6 Å². The molecule has 4 amide bonds. The van der Waals surface area contributed by atoms with E-state index in [0.29, 0.717) is 22.2 Å². The van der Waals surface area contributed by atoms with E-state index in [-0.39, 0.29) is 19.0 Å². The van der Waals surface area contributed by atoms with E-state index >= 15 is 0 Å². The smallest absolute Gasteiger partial charge is 0.410 e. The third kappa shape index (κ3) is 9.33. The Morgan fingerprint density at radius 3 is 1.84 bits per heavy atom. The Hall–Kier alpha value is -5.26. The molecule has 2 saturated heterocycles. The number of anilines is 1. The van der Waals surface area contributed by atoms with Crippen LogP contribution in [0.5, 0.6) is 0 Å². The number of imidazole rings is 1. The quantitative estimate of drug-likeness (QED) is 0.0686. The summed E-state index contributed by atoms with van der Waals surface area (Å²) in [6, 6.07) is 7.23. The molecule has 5 rings (SSSR count). The van der Waals surface area contributed by atoms with Crippen LogP contribution >= 0.6 is 0 Å². The number of carbonyl (C=O) groups excluding carboxylic acids is 5. The predicted molar refractivity (Wildman–Crippen MR) is 221 cm³/mol. The number of benzene rings is 1. The highest BCUT2D eigenvalue weighted by Crippen LogP contribution is 2.43. The van der Waals surface area contributed by atoms with Gasteiger partial charge in [0.25, 0.3) is 0 Å². The van der Waals surface area contributed by atoms with Crippen molar-refractivity contribution in [2.24, 2.45) is 0 Å². The first-order chi connectivity index (χ1) is 28.3. The molecule has 1 aromatic carbocycles. The average Bonchev–Trinajstić information content (AvgIpc) is 3.89. The lowest BCUT2D eigenvalue weighted by molar-refractivity contribution is -0.150. The topological polar surface area (TPSA) is 281 Å². The zero-order chi connectivity index (χ0) is 45.5. The zero-order valence-corrected chi connectivity index (χ0v) is 36.7. The van der Waals surface area contributed by atoms with Gasteiger partial charge in [-0.1, -0.05) is 29.8 Å². The normalized spacial score (nSPS) is 22.0. The molecule has 2 aromatic heterocycles. The molecule has 0 saturated carbocycles. The lowest BCUT2D eigenvalue weighted by Crippen LogP contribution is -2.68. The number of aliphatic hydroxyl groups excluding tert-OH is 1. The number of esters is 1. The molecule has 2 aliphatic heterocycles. The summed E-state index contributed by atoms with van der Waals surface area (Å²) in [5, 5.41) is 24.2. The Labute approximate surface area is 353 Å². The van der Waals surface area contributed by atoms with E-state index in [9.17, 15) is 29.1 Å². The van der Waals surface area contributed by atoms with Crippen LogP contribution in [0.2, 0.25) is 0 Å². The molecule has 0 spiro atoms. The first-order valence-electron chi connectivity index (χ1n) is 19.7. The third-order valence-electron chi connectivity index (χ3n) is 10.9. The Bertz CT molecular complexity index is 2180. The van der Waals surface area contributed by atoms with Gasteiger partial charge in [-0.3, -0.25) is 29.1 Å². The monoisotopic (exact) mass is 853 g/mol. The number of ether oxygens (including phenoxy) is 2. The molecule has 22 heteroatoms. The lowest BCUT2D eigenvalue weighted by atomic mass is 9.67. The van der Waals surface area contributed by atoms with Crippen molar-refractivity contribution >= 4 is 58.8 Å². The number of nitrogens with zero attached hydrogens (tertiary/aromatic N) is 4. The minimum atomic E-state index is -2.63. The SMILES string of the molecule is COC(=O)C(C)(C)NC(=O)C(C)(C)NC(=O)C(C)(C)NC(=O)C(C)(C)NC(=O)C(C)(C)NCc1ccccc1[B-]1(OC)O[C@@H]2[C@H](O1)[C@@H](CO)O[C@H]2n1cnc2c(N)ncnc21. The number of nitrogen functional groups attached to an aromatic ring is 1. The van der Waals surface area contributed by atoms with Crippen molar-refractivity contribution in [3.8, 4) is 0 Å². The number of aromatic nitrogens is 4. The molecule has 0 radical (unpaired) electrons. The van der Waals surface area contributed by atoms with Crippen LogP contribution < -0.4 is 37.8 Å². The van der Waals surface area contributed by atoms with Crippen LogP contribution in [0, 0.1) is 0 Å². The average molecular weight is 854 g/mol. The van der Waals surface area contributed by atoms with Crippen molar-refractivity contribution in [1.82, 2.24) is 46.1 Å². The molecule has 61 heavy (non-hydrogen) atoms. The van der Waals surface area contributed by atoms with Crippen LogP contribution in [0.4, 0.5) is 5.82 Å². The fourth-order valence-electron chi connectivity index (χ4n) is 6.95. The largest absolute Gasteiger partial charge is 0.543 e. The maximum atomic E-state index is 13.8. The number of fused-ring (bicyclic) bond motifs is 2. The molecule has 1 unspecified atom stereocenters. The van der Waals surface area contributed by atoms with Crippen LogP contribution in [-0.4, -0.2) is 128 Å². The van der Waals surface area contributed by atoms with Gasteiger partial charge in [-0.15, -0.1) is 5.46 Å². The first kappa shape index (κ1) is 46.8. The molecule has 8 N–H and O–H groups in total. The number of aliphatic hydroxyl groups is 1. The predicted octanol–water partition coefficient (Wildman–Crippen LogP) is -0.805. The number of hydrogen-bond donors (Lipinski definition) is 7. The molecule has 2 aliphatic rings. The van der Waals surface area contributed by atoms with Crippen molar-refractivity contribution in [2.45, 2.75) is 128 Å². The summed E-state index contributed by atoms with van der Waals surface area (Å²) in [7, 11) is 2.65. The van der Waals surface area contributed by atoms with E-state index in [1.165, 1.54) is 82.3 Å². The Morgan fingerprint density at radius 1 is 0.770 bits per heavy atom. The van der Waals surface area contributed by atoms with Crippen LogP contribution in [0.3, 0.4) is 0 Å². The van der Waals surface area contributed by atoms with Gasteiger partial charge in [0.1, 0.15) is 40.1 Å². The number of amides is 4. The minimum absolute atomic E-state index is 0.122. The highest BCUT2D eigenvalue weighted by molar-refractivity contribution is 6.76. The van der Waals surface area contributed by atoms with E-state index < -0.39 is 88.6 Å². The molecule has 21 nitrogen and oxygen atoms in total. The van der Waals surface area contributed by atoms with Crippen LogP contribution in [-0.2, 0) is 54.0 Å². The number of carbonyl (C=O) groups is 5. The summed E-state index contributed by atoms with van der Waals surface area (Å²) in [6.07, 6.45) is -0.306. The fraction of sp³-hybridized carbons (Fsp3) is 0.590. The van der Waals surface area contributed by atoms with E-state index in [1.807, 2.05) is 12.1 Å². The van der Waals surface area contributed by atoms with Gasteiger partial charge in [0, 0.05) is 6.54 Å². The van der Waals surface area contributed by atoms with Gasteiger partial charge in [-0.05, 0) is 76.3 Å². The summed E-state index contributed by atoms with van der Waals surface area (Å²) >= 11 is 0. The number of nitrogens with one attached hydrogen (secondary N) is 5. The van der Waals surface area contributed by atoms with E-state index in [4.69, 9.17) is 29.2 Å². The standard InChI is InChI=1S/C39H58BN10O11/c1-35(2,30(52)46-36(3,4)31(53)47-37(5,6)32(54)48-38(7,8)33(55)49-39(9,10)34(56)57-11)45-17-21-15-13-14-16-22(21)40(58-12)60-25-23(18-51)59-29(26(25)61-40)50-20-44-24-27(41)42-19-43-28(24)50/h13-16,19-20,23,25-26,29,45,51H,17-18H2,1-12H3,(H,46,52)(H,47,53)(H,48,54)(H,49,55)(H2,41,42,43)/q-1/t23-,25-,26-,29-,40?/m1/s1.